The molecular weight excluding hydrogens is 573 g/mol. The Hall–Kier alpha value is -2.02. The molecular formula is C20H20ClF3O11S2. The molecule has 1 aliphatic rings. The minimum absolute atomic E-state index is 0.0265. The van der Waals surface area contributed by atoms with Crippen molar-refractivity contribution >= 4 is 29.6 Å². The van der Waals surface area contributed by atoms with Gasteiger partial charge in [0, 0.05) is 10.6 Å². The first kappa shape index (κ1) is 29.5. The maximum Gasteiger partial charge on any atom is 0.515 e. The minimum Gasteiger partial charge on any atom is -0.394 e. The van der Waals surface area contributed by atoms with Crippen molar-refractivity contribution in [3.8, 4) is 5.75 Å². The molecule has 0 aliphatic carbocycles. The van der Waals surface area contributed by atoms with Gasteiger partial charge in [-0.2, -0.15) is 30.0 Å². The lowest BCUT2D eigenvalue weighted by Gasteiger charge is -2.45. The SMILES string of the molecule is O=S(=O)(Oc1ccc(Cc2cc([C@@]3(O)O[C@H](CO)[C@@H](O)[C@H](O)[C@H]3O)ccc2Cl)cc1)S(=O)(=O)C(F)(F)F. The average Bonchev–Trinajstić information content (AvgIpc) is 2.81. The van der Waals surface area contributed by atoms with E-state index in [1.165, 1.54) is 30.3 Å². The van der Waals surface area contributed by atoms with Crippen molar-refractivity contribution in [1.82, 2.24) is 0 Å². The maximum absolute atomic E-state index is 12.5. The predicted octanol–water partition coefficient (Wildman–Crippen LogP) is 0.108. The monoisotopic (exact) mass is 592 g/mol. The van der Waals surface area contributed by atoms with Crippen LogP contribution in [0.3, 0.4) is 0 Å². The van der Waals surface area contributed by atoms with E-state index in [1.54, 1.807) is 0 Å². The van der Waals surface area contributed by atoms with E-state index < -0.39 is 66.1 Å². The molecule has 3 rings (SSSR count). The fourth-order valence-electron chi connectivity index (χ4n) is 3.49. The third-order valence-electron chi connectivity index (χ3n) is 5.49. The highest BCUT2D eigenvalue weighted by atomic mass is 35.5. The standard InChI is InChI=1S/C20H20ClF3O11S2/c21-14-6-3-12(19(29)18(28)17(27)16(26)15(9-25)34-19)8-11(14)7-10-1-4-13(5-2-10)35-37(32,33)36(30,31)20(22,23)24/h1-6,8,15-18,25-29H,7,9H2/t15-,16-,17+,18-,19-/m1/s1. The van der Waals surface area contributed by atoms with Crippen LogP contribution in [0.15, 0.2) is 42.5 Å². The van der Waals surface area contributed by atoms with Crippen molar-refractivity contribution in [2.24, 2.45) is 0 Å². The molecule has 1 aliphatic heterocycles. The summed E-state index contributed by atoms with van der Waals surface area (Å²) < 4.78 is 92.4. The van der Waals surface area contributed by atoms with Crippen LogP contribution in [0.5, 0.6) is 5.75 Å². The normalized spacial score (nSPS) is 27.2. The van der Waals surface area contributed by atoms with E-state index in [-0.39, 0.29) is 17.0 Å². The first-order valence-corrected chi connectivity index (χ1v) is 13.9. The summed E-state index contributed by atoms with van der Waals surface area (Å²) >= 11 is 6.19. The van der Waals surface area contributed by atoms with Crippen molar-refractivity contribution < 1.29 is 64.5 Å². The lowest BCUT2D eigenvalue weighted by Crippen LogP contribution is -2.63. The van der Waals surface area contributed by atoms with E-state index in [4.69, 9.17) is 16.3 Å². The summed E-state index contributed by atoms with van der Waals surface area (Å²) in [5.74, 6) is -3.27. The van der Waals surface area contributed by atoms with Crippen LogP contribution < -0.4 is 4.18 Å². The zero-order chi connectivity index (χ0) is 28.0. The smallest absolute Gasteiger partial charge is 0.394 e. The van der Waals surface area contributed by atoms with E-state index in [0.29, 0.717) is 11.1 Å². The van der Waals surface area contributed by atoms with Crippen LogP contribution in [-0.4, -0.2) is 78.9 Å². The molecule has 1 fully saturated rings. The van der Waals surface area contributed by atoms with Crippen LogP contribution in [0.4, 0.5) is 13.2 Å². The molecule has 0 amide bonds. The van der Waals surface area contributed by atoms with Gasteiger partial charge in [0.15, 0.2) is 0 Å². The zero-order valence-electron chi connectivity index (χ0n) is 18.3. The molecule has 5 N–H and O–H groups in total. The molecule has 1 heterocycles. The van der Waals surface area contributed by atoms with E-state index in [0.717, 1.165) is 12.1 Å². The largest absolute Gasteiger partial charge is 0.515 e. The minimum atomic E-state index is -6.65. The molecule has 5 atom stereocenters. The van der Waals surface area contributed by atoms with Crippen molar-refractivity contribution in [2.75, 3.05) is 6.61 Å². The summed E-state index contributed by atoms with van der Waals surface area (Å²) in [6.45, 7) is -0.790. The number of rotatable bonds is 7. The van der Waals surface area contributed by atoms with Gasteiger partial charge in [-0.3, -0.25) is 0 Å². The highest BCUT2D eigenvalue weighted by molar-refractivity contribution is 8.65. The summed E-state index contributed by atoms with van der Waals surface area (Å²) in [5.41, 5.74) is -5.51. The summed E-state index contributed by atoms with van der Waals surface area (Å²) in [7, 11) is -12.7. The fraction of sp³-hybridized carbons (Fsp3) is 0.400. The average molecular weight is 593 g/mol. The van der Waals surface area contributed by atoms with Crippen LogP contribution in [0, 0.1) is 0 Å². The number of hydrogen-bond acceptors (Lipinski definition) is 11. The molecule has 0 radical (unpaired) electrons. The molecule has 0 bridgehead atoms. The van der Waals surface area contributed by atoms with Gasteiger partial charge in [-0.1, -0.05) is 29.8 Å². The molecule has 1 saturated heterocycles. The number of aliphatic hydroxyl groups is 5. The molecule has 17 heteroatoms. The third-order valence-corrected chi connectivity index (χ3v) is 9.75. The maximum atomic E-state index is 12.5. The molecule has 206 valence electrons. The lowest BCUT2D eigenvalue weighted by atomic mass is 9.87. The first-order chi connectivity index (χ1) is 16.9. The van der Waals surface area contributed by atoms with Crippen molar-refractivity contribution in [1.29, 1.82) is 0 Å². The molecule has 37 heavy (non-hydrogen) atoms. The zero-order valence-corrected chi connectivity index (χ0v) is 20.7. The summed E-state index contributed by atoms with van der Waals surface area (Å²) in [6.07, 6.45) is -7.05. The van der Waals surface area contributed by atoms with Crippen molar-refractivity contribution in [3.05, 3.63) is 64.2 Å². The molecule has 0 saturated carbocycles. The number of hydrogen-bond donors (Lipinski definition) is 5. The predicted molar refractivity (Wildman–Crippen MR) is 119 cm³/mol. The Labute approximate surface area is 212 Å². The Kier molecular flexibility index (Phi) is 8.20. The summed E-state index contributed by atoms with van der Waals surface area (Å²) in [5, 5.41) is 50.8. The van der Waals surface area contributed by atoms with E-state index >= 15 is 0 Å². The summed E-state index contributed by atoms with van der Waals surface area (Å²) in [6, 6.07) is 8.08. The summed E-state index contributed by atoms with van der Waals surface area (Å²) in [4.78, 5) is 0. The Morgan fingerprint density at radius 3 is 2.14 bits per heavy atom. The highest BCUT2D eigenvalue weighted by Gasteiger charge is 2.57. The Bertz CT molecular complexity index is 1350. The van der Waals surface area contributed by atoms with E-state index in [9.17, 15) is 55.5 Å². The topological polar surface area (TPSA) is 188 Å². The van der Waals surface area contributed by atoms with Crippen LogP contribution in [0.1, 0.15) is 16.7 Å². The number of alkyl halides is 3. The Morgan fingerprint density at radius 1 is 1.00 bits per heavy atom. The quantitative estimate of drug-likeness (QED) is 0.274. The molecule has 11 nitrogen and oxygen atoms in total. The van der Waals surface area contributed by atoms with Gasteiger partial charge in [0.1, 0.15) is 30.2 Å². The van der Waals surface area contributed by atoms with Gasteiger partial charge in [-0.05, 0) is 41.8 Å². The number of halogens is 4. The van der Waals surface area contributed by atoms with E-state index in [1.807, 2.05) is 0 Å². The van der Waals surface area contributed by atoms with Gasteiger partial charge >= 0.3 is 23.5 Å². The van der Waals surface area contributed by atoms with Crippen LogP contribution in [0.2, 0.25) is 5.02 Å². The fourth-order valence-corrected chi connectivity index (χ4v) is 5.54. The van der Waals surface area contributed by atoms with Gasteiger partial charge in [-0.25, -0.2) is 0 Å². The molecule has 2 aromatic rings. The van der Waals surface area contributed by atoms with E-state index in [2.05, 4.69) is 4.18 Å². The molecule has 0 spiro atoms. The van der Waals surface area contributed by atoms with Gasteiger partial charge in [-0.15, -0.1) is 0 Å². The van der Waals surface area contributed by atoms with Crippen molar-refractivity contribution in [2.45, 2.75) is 42.1 Å². The van der Waals surface area contributed by atoms with Gasteiger partial charge in [0.2, 0.25) is 5.79 Å². The van der Waals surface area contributed by atoms with Crippen LogP contribution >= 0.6 is 11.6 Å². The number of ether oxygens (including phenoxy) is 1. The highest BCUT2D eigenvalue weighted by Crippen LogP contribution is 2.38. The second-order valence-corrected chi connectivity index (χ2v) is 13.3. The number of benzene rings is 2. The third kappa shape index (κ3) is 5.57. The van der Waals surface area contributed by atoms with Gasteiger partial charge in [0.25, 0.3) is 0 Å². The van der Waals surface area contributed by atoms with Gasteiger partial charge < -0.3 is 34.5 Å². The van der Waals surface area contributed by atoms with Crippen LogP contribution in [-0.2, 0) is 35.0 Å². The molecule has 2 aromatic carbocycles. The van der Waals surface area contributed by atoms with Gasteiger partial charge in [0.05, 0.1) is 6.61 Å². The second-order valence-electron chi connectivity index (χ2n) is 7.98. The van der Waals surface area contributed by atoms with Crippen LogP contribution in [0.25, 0.3) is 0 Å². The Morgan fingerprint density at radius 2 is 1.59 bits per heavy atom. The number of aliphatic hydroxyl groups excluding tert-OH is 4. The lowest BCUT2D eigenvalue weighted by molar-refractivity contribution is -0.357. The Balaban J connectivity index is 1.85. The second kappa shape index (κ2) is 10.3. The first-order valence-electron chi connectivity index (χ1n) is 10.1. The molecule has 0 unspecified atom stereocenters. The van der Waals surface area contributed by atoms with Crippen molar-refractivity contribution in [3.63, 3.8) is 0 Å². The molecule has 0 aromatic heterocycles.